The second kappa shape index (κ2) is 7.33. The van der Waals surface area contributed by atoms with Gasteiger partial charge in [0, 0.05) is 49.6 Å². The molecule has 0 spiro atoms. The molecule has 4 aromatic rings. The fourth-order valence-electron chi connectivity index (χ4n) is 3.54. The Labute approximate surface area is 170 Å². The molecule has 142 valence electrons. The van der Waals surface area contributed by atoms with Crippen molar-refractivity contribution >= 4 is 27.5 Å². The molecule has 1 aliphatic rings. The van der Waals surface area contributed by atoms with Gasteiger partial charge in [0.05, 0.1) is 11.4 Å². The van der Waals surface area contributed by atoms with Crippen LogP contribution in [-0.2, 0) is 6.54 Å². The van der Waals surface area contributed by atoms with E-state index in [0.29, 0.717) is 0 Å². The van der Waals surface area contributed by atoms with Gasteiger partial charge in [0.1, 0.15) is 5.65 Å². The Morgan fingerprint density at radius 3 is 2.57 bits per heavy atom. The number of fused-ring (bicyclic) bond motifs is 1. The third-order valence-corrected chi connectivity index (χ3v) is 5.43. The summed E-state index contributed by atoms with van der Waals surface area (Å²) in [5, 5.41) is 12.3. The summed E-state index contributed by atoms with van der Waals surface area (Å²) in [6.07, 6.45) is 4.13. The van der Waals surface area contributed by atoms with Gasteiger partial charge in [-0.3, -0.25) is 4.90 Å². The second-order valence-electron chi connectivity index (χ2n) is 6.83. The molecule has 5 rings (SSSR count). The number of piperazine rings is 1. The van der Waals surface area contributed by atoms with Crippen molar-refractivity contribution in [2.75, 3.05) is 31.1 Å². The van der Waals surface area contributed by atoms with Gasteiger partial charge in [-0.2, -0.15) is 4.68 Å². The number of anilines is 1. The van der Waals surface area contributed by atoms with Crippen molar-refractivity contribution in [3.8, 4) is 5.69 Å². The number of pyridine rings is 1. The molecule has 0 saturated carbocycles. The number of imidazole rings is 1. The first-order chi connectivity index (χ1) is 13.8. The Bertz CT molecular complexity index is 1080. The Hall–Kier alpha value is -2.78. The summed E-state index contributed by atoms with van der Waals surface area (Å²) in [4.78, 5) is 9.38. The summed E-state index contributed by atoms with van der Waals surface area (Å²) in [6, 6.07) is 14.0. The minimum Gasteiger partial charge on any atom is -0.337 e. The molecule has 1 fully saturated rings. The van der Waals surface area contributed by atoms with Crippen LogP contribution < -0.4 is 4.90 Å². The van der Waals surface area contributed by atoms with Crippen molar-refractivity contribution in [2.45, 2.75) is 6.54 Å². The van der Waals surface area contributed by atoms with E-state index in [9.17, 15) is 0 Å². The topological polar surface area (TPSA) is 67.4 Å². The fourth-order valence-corrected chi connectivity index (χ4v) is 3.90. The number of benzene rings is 1. The Morgan fingerprint density at radius 2 is 1.75 bits per heavy atom. The molecule has 0 amide bonds. The van der Waals surface area contributed by atoms with E-state index in [1.54, 1.807) is 4.68 Å². The van der Waals surface area contributed by atoms with Gasteiger partial charge in [-0.25, -0.2) is 4.98 Å². The number of hydrogen-bond acceptors (Lipinski definition) is 6. The minimum absolute atomic E-state index is 0.795. The fraction of sp³-hybridized carbons (Fsp3) is 0.263. The van der Waals surface area contributed by atoms with Gasteiger partial charge in [-0.15, -0.1) is 0 Å². The minimum atomic E-state index is 0.795. The molecule has 9 heteroatoms. The molecule has 0 unspecified atom stereocenters. The molecular formula is C19H19BrN8. The van der Waals surface area contributed by atoms with E-state index in [1.807, 2.05) is 48.7 Å². The SMILES string of the molecule is Brc1ccc2nc(CN3CCN(c4nnnn4-c4ccccc4)CC3)cn2c1. The van der Waals surface area contributed by atoms with Crippen LogP contribution in [0.5, 0.6) is 0 Å². The summed E-state index contributed by atoms with van der Waals surface area (Å²) in [7, 11) is 0. The van der Waals surface area contributed by atoms with Gasteiger partial charge in [-0.05, 0) is 50.6 Å². The van der Waals surface area contributed by atoms with Crippen LogP contribution in [0, 0.1) is 0 Å². The zero-order valence-corrected chi connectivity index (χ0v) is 16.8. The van der Waals surface area contributed by atoms with Gasteiger partial charge in [0.15, 0.2) is 0 Å². The lowest BCUT2D eigenvalue weighted by molar-refractivity contribution is 0.246. The highest BCUT2D eigenvalue weighted by atomic mass is 79.9. The molecule has 1 saturated heterocycles. The lowest BCUT2D eigenvalue weighted by atomic mass is 10.3. The smallest absolute Gasteiger partial charge is 0.250 e. The summed E-state index contributed by atoms with van der Waals surface area (Å²) < 4.78 is 4.91. The normalized spacial score (nSPS) is 15.4. The number of hydrogen-bond donors (Lipinski definition) is 0. The first-order valence-electron chi connectivity index (χ1n) is 9.20. The highest BCUT2D eigenvalue weighted by Gasteiger charge is 2.22. The van der Waals surface area contributed by atoms with Crippen LogP contribution >= 0.6 is 15.9 Å². The van der Waals surface area contributed by atoms with E-state index in [-0.39, 0.29) is 0 Å². The average molecular weight is 439 g/mol. The third kappa shape index (κ3) is 3.38. The third-order valence-electron chi connectivity index (χ3n) is 4.96. The predicted molar refractivity (Wildman–Crippen MR) is 110 cm³/mol. The number of rotatable bonds is 4. The zero-order chi connectivity index (χ0) is 18.9. The highest BCUT2D eigenvalue weighted by Crippen LogP contribution is 2.18. The standard InChI is InChI=1S/C19H19BrN8/c20-15-6-7-18-21-16(14-27(18)12-15)13-25-8-10-26(11-9-25)19-22-23-24-28(19)17-4-2-1-3-5-17/h1-7,12,14H,8-11,13H2. The molecule has 1 aromatic carbocycles. The van der Waals surface area contributed by atoms with E-state index in [1.165, 1.54) is 0 Å². The van der Waals surface area contributed by atoms with Crippen LogP contribution in [0.4, 0.5) is 5.95 Å². The van der Waals surface area contributed by atoms with Gasteiger partial charge in [0.2, 0.25) is 5.95 Å². The molecule has 0 bridgehead atoms. The first kappa shape index (κ1) is 17.3. The van der Waals surface area contributed by atoms with Crippen LogP contribution in [0.25, 0.3) is 11.3 Å². The van der Waals surface area contributed by atoms with Crippen molar-refractivity contribution < 1.29 is 0 Å². The maximum atomic E-state index is 4.72. The Balaban J connectivity index is 1.26. The molecule has 28 heavy (non-hydrogen) atoms. The van der Waals surface area contributed by atoms with Crippen LogP contribution in [0.2, 0.25) is 0 Å². The predicted octanol–water partition coefficient (Wildman–Crippen LogP) is 2.39. The maximum Gasteiger partial charge on any atom is 0.250 e. The van der Waals surface area contributed by atoms with E-state index >= 15 is 0 Å². The summed E-state index contributed by atoms with van der Waals surface area (Å²) >= 11 is 3.51. The second-order valence-corrected chi connectivity index (χ2v) is 7.75. The van der Waals surface area contributed by atoms with Gasteiger partial charge >= 0.3 is 0 Å². The van der Waals surface area contributed by atoms with Gasteiger partial charge in [-0.1, -0.05) is 23.3 Å². The van der Waals surface area contributed by atoms with E-state index in [0.717, 1.165) is 60.2 Å². The number of halogens is 1. The number of para-hydroxylation sites is 1. The van der Waals surface area contributed by atoms with Crippen molar-refractivity contribution in [3.05, 3.63) is 65.0 Å². The molecular weight excluding hydrogens is 420 g/mol. The molecule has 0 aliphatic carbocycles. The summed E-state index contributed by atoms with van der Waals surface area (Å²) in [5.74, 6) is 0.795. The van der Waals surface area contributed by atoms with Crippen molar-refractivity contribution in [1.29, 1.82) is 0 Å². The zero-order valence-electron chi connectivity index (χ0n) is 15.2. The van der Waals surface area contributed by atoms with Crippen molar-refractivity contribution in [3.63, 3.8) is 0 Å². The molecule has 1 aliphatic heterocycles. The highest BCUT2D eigenvalue weighted by molar-refractivity contribution is 9.10. The van der Waals surface area contributed by atoms with Gasteiger partial charge in [0.25, 0.3) is 0 Å². The molecule has 0 N–H and O–H groups in total. The van der Waals surface area contributed by atoms with E-state index in [2.05, 4.69) is 51.9 Å². The average Bonchev–Trinajstić information content (AvgIpc) is 3.36. The molecule has 0 atom stereocenters. The quantitative estimate of drug-likeness (QED) is 0.487. The van der Waals surface area contributed by atoms with Crippen molar-refractivity contribution in [2.24, 2.45) is 0 Å². The van der Waals surface area contributed by atoms with Crippen LogP contribution in [0.15, 0.2) is 59.3 Å². The van der Waals surface area contributed by atoms with Crippen molar-refractivity contribution in [1.82, 2.24) is 34.5 Å². The van der Waals surface area contributed by atoms with Crippen LogP contribution in [0.3, 0.4) is 0 Å². The van der Waals surface area contributed by atoms with Crippen LogP contribution in [-0.4, -0.2) is 60.7 Å². The lowest BCUT2D eigenvalue weighted by Crippen LogP contribution is -2.46. The lowest BCUT2D eigenvalue weighted by Gasteiger charge is -2.34. The molecule has 3 aromatic heterocycles. The van der Waals surface area contributed by atoms with Gasteiger partial charge < -0.3 is 9.30 Å². The van der Waals surface area contributed by atoms with Crippen LogP contribution in [0.1, 0.15) is 5.69 Å². The van der Waals surface area contributed by atoms with E-state index < -0.39 is 0 Å². The summed E-state index contributed by atoms with van der Waals surface area (Å²) in [5.41, 5.74) is 3.03. The first-order valence-corrected chi connectivity index (χ1v) is 10.00. The van der Waals surface area contributed by atoms with E-state index in [4.69, 9.17) is 4.98 Å². The number of tetrazole rings is 1. The maximum absolute atomic E-state index is 4.72. The molecule has 4 heterocycles. The Morgan fingerprint density at radius 1 is 0.929 bits per heavy atom. The molecule has 0 radical (unpaired) electrons. The number of nitrogens with zero attached hydrogens (tertiary/aromatic N) is 8. The Kier molecular flexibility index (Phi) is 4.53. The number of aromatic nitrogens is 6. The molecule has 8 nitrogen and oxygen atoms in total. The summed E-state index contributed by atoms with van der Waals surface area (Å²) in [6.45, 7) is 4.49. The largest absolute Gasteiger partial charge is 0.337 e. The monoisotopic (exact) mass is 438 g/mol.